The molecule has 1 aliphatic heterocycles. The van der Waals surface area contributed by atoms with Gasteiger partial charge < -0.3 is 10.6 Å². The van der Waals surface area contributed by atoms with Crippen LogP contribution in [0.4, 0.5) is 14.6 Å². The number of carbonyl (C=O) groups is 1. The number of halogens is 2. The van der Waals surface area contributed by atoms with Crippen LogP contribution >= 0.6 is 0 Å². The van der Waals surface area contributed by atoms with Gasteiger partial charge in [-0.1, -0.05) is 59.7 Å². The molecule has 2 N–H and O–H groups in total. The maximum Gasteiger partial charge on any atom is 0.260 e. The Morgan fingerprint density at radius 3 is 2.40 bits per heavy atom. The molecule has 7 heteroatoms. The second-order valence-electron chi connectivity index (χ2n) is 7.76. The lowest BCUT2D eigenvalue weighted by Crippen LogP contribution is -2.32. The molecule has 0 radical (unpaired) electrons. The van der Waals surface area contributed by atoms with Crippen molar-refractivity contribution in [2.75, 3.05) is 5.32 Å². The number of benzene rings is 2. The highest BCUT2D eigenvalue weighted by atomic mass is 19.3. The molecule has 30 heavy (non-hydrogen) atoms. The monoisotopic (exact) mass is 410 g/mol. The Labute approximate surface area is 174 Å². The van der Waals surface area contributed by atoms with Gasteiger partial charge in [0.25, 0.3) is 12.3 Å². The van der Waals surface area contributed by atoms with Crippen molar-refractivity contribution in [1.29, 1.82) is 0 Å². The molecule has 0 aliphatic carbocycles. The minimum atomic E-state index is -2.58. The van der Waals surface area contributed by atoms with Crippen molar-refractivity contribution in [3.63, 3.8) is 0 Å². The van der Waals surface area contributed by atoms with Crippen LogP contribution in [0.5, 0.6) is 0 Å². The van der Waals surface area contributed by atoms with Crippen molar-refractivity contribution in [1.82, 2.24) is 15.1 Å². The minimum Gasteiger partial charge on any atom is -0.363 e. The van der Waals surface area contributed by atoms with Crippen molar-refractivity contribution in [2.45, 2.75) is 45.3 Å². The number of amides is 1. The highest BCUT2D eigenvalue weighted by Crippen LogP contribution is 2.39. The number of nitrogens with zero attached hydrogens (tertiary/aromatic N) is 2. The predicted octanol–water partition coefficient (Wildman–Crippen LogP) is 4.79. The summed E-state index contributed by atoms with van der Waals surface area (Å²) in [4.78, 5) is 12.8. The third kappa shape index (κ3) is 4.06. The summed E-state index contributed by atoms with van der Waals surface area (Å²) >= 11 is 0. The molecule has 2 heterocycles. The van der Waals surface area contributed by atoms with Gasteiger partial charge in [-0.15, -0.1) is 0 Å². The molecule has 2 aromatic carbocycles. The Hall–Kier alpha value is -3.22. The predicted molar refractivity (Wildman–Crippen MR) is 112 cm³/mol. The van der Waals surface area contributed by atoms with Crippen molar-refractivity contribution >= 4 is 11.7 Å². The van der Waals surface area contributed by atoms with Gasteiger partial charge in [0.05, 0.1) is 12.2 Å². The fourth-order valence-electron chi connectivity index (χ4n) is 3.70. The van der Waals surface area contributed by atoms with Gasteiger partial charge in [-0.3, -0.25) is 4.79 Å². The summed E-state index contributed by atoms with van der Waals surface area (Å²) in [6.45, 7) is 4.33. The SMILES string of the molecule is Cc1ccc(CNC(=O)c2cnn3c2N[C@H](c2ccc(C)cc2)C[C@@H]3C(F)F)cc1. The number of aryl methyl sites for hydroxylation is 2. The lowest BCUT2D eigenvalue weighted by molar-refractivity contribution is 0.0656. The summed E-state index contributed by atoms with van der Waals surface area (Å²) in [6, 6.07) is 14.2. The summed E-state index contributed by atoms with van der Waals surface area (Å²) in [5.41, 5.74) is 4.38. The number of anilines is 1. The van der Waals surface area contributed by atoms with E-state index >= 15 is 0 Å². The molecule has 0 saturated carbocycles. The fourth-order valence-corrected chi connectivity index (χ4v) is 3.70. The van der Waals surface area contributed by atoms with Gasteiger partial charge in [-0.25, -0.2) is 13.5 Å². The summed E-state index contributed by atoms with van der Waals surface area (Å²) in [6.07, 6.45) is -1.03. The average Bonchev–Trinajstić information content (AvgIpc) is 3.17. The summed E-state index contributed by atoms with van der Waals surface area (Å²) in [7, 11) is 0. The Morgan fingerprint density at radius 2 is 1.77 bits per heavy atom. The number of hydrogen-bond donors (Lipinski definition) is 2. The van der Waals surface area contributed by atoms with E-state index in [4.69, 9.17) is 0 Å². The molecule has 0 bridgehead atoms. The van der Waals surface area contributed by atoms with E-state index in [-0.39, 0.29) is 23.9 Å². The number of alkyl halides is 2. The molecule has 5 nitrogen and oxygen atoms in total. The van der Waals surface area contributed by atoms with Crippen LogP contribution < -0.4 is 10.6 Å². The molecule has 1 aromatic heterocycles. The topological polar surface area (TPSA) is 59.0 Å². The van der Waals surface area contributed by atoms with Crippen LogP contribution in [0.3, 0.4) is 0 Å². The number of rotatable bonds is 5. The second kappa shape index (κ2) is 8.26. The third-order valence-corrected chi connectivity index (χ3v) is 5.49. The van der Waals surface area contributed by atoms with E-state index in [0.717, 1.165) is 22.3 Å². The molecule has 4 rings (SSSR count). The first-order chi connectivity index (χ1) is 14.4. The van der Waals surface area contributed by atoms with Crippen LogP contribution in [0.1, 0.15) is 51.1 Å². The Morgan fingerprint density at radius 1 is 1.13 bits per heavy atom. The Bertz CT molecular complexity index is 1030. The van der Waals surface area contributed by atoms with E-state index in [1.165, 1.54) is 10.9 Å². The van der Waals surface area contributed by atoms with Crippen LogP contribution in [-0.2, 0) is 6.54 Å². The van der Waals surface area contributed by atoms with Gasteiger partial charge in [0, 0.05) is 6.54 Å². The molecule has 156 valence electrons. The van der Waals surface area contributed by atoms with Crippen LogP contribution in [0.25, 0.3) is 0 Å². The summed E-state index contributed by atoms with van der Waals surface area (Å²) in [5, 5.41) is 10.2. The first kappa shape index (κ1) is 20.1. The first-order valence-electron chi connectivity index (χ1n) is 9.95. The zero-order valence-electron chi connectivity index (χ0n) is 16.9. The Kier molecular flexibility index (Phi) is 5.53. The molecule has 0 saturated heterocycles. The highest BCUT2D eigenvalue weighted by molar-refractivity contribution is 5.98. The van der Waals surface area contributed by atoms with Gasteiger partial charge in [0.15, 0.2) is 0 Å². The molecule has 0 spiro atoms. The van der Waals surface area contributed by atoms with E-state index < -0.39 is 12.5 Å². The van der Waals surface area contributed by atoms with E-state index in [1.54, 1.807) is 0 Å². The van der Waals surface area contributed by atoms with Crippen LogP contribution in [0.2, 0.25) is 0 Å². The molecular formula is C23H24F2N4O. The van der Waals surface area contributed by atoms with Gasteiger partial charge in [0.2, 0.25) is 0 Å². The average molecular weight is 410 g/mol. The molecular weight excluding hydrogens is 386 g/mol. The quantitative estimate of drug-likeness (QED) is 0.636. The minimum absolute atomic E-state index is 0.194. The van der Waals surface area contributed by atoms with Crippen molar-refractivity contribution in [2.24, 2.45) is 0 Å². The molecule has 1 aliphatic rings. The van der Waals surface area contributed by atoms with E-state index in [0.29, 0.717) is 12.4 Å². The second-order valence-corrected chi connectivity index (χ2v) is 7.76. The van der Waals surface area contributed by atoms with Crippen LogP contribution in [0.15, 0.2) is 54.7 Å². The summed E-state index contributed by atoms with van der Waals surface area (Å²) < 4.78 is 28.8. The van der Waals surface area contributed by atoms with Crippen molar-refractivity contribution < 1.29 is 13.6 Å². The number of fused-ring (bicyclic) bond motifs is 1. The Balaban J connectivity index is 1.57. The van der Waals surface area contributed by atoms with E-state index in [2.05, 4.69) is 15.7 Å². The van der Waals surface area contributed by atoms with E-state index in [9.17, 15) is 13.6 Å². The maximum absolute atomic E-state index is 13.8. The van der Waals surface area contributed by atoms with Crippen LogP contribution in [-0.4, -0.2) is 22.1 Å². The molecule has 3 aromatic rings. The first-order valence-corrected chi connectivity index (χ1v) is 9.95. The highest BCUT2D eigenvalue weighted by Gasteiger charge is 2.36. The maximum atomic E-state index is 13.8. The molecule has 1 amide bonds. The smallest absolute Gasteiger partial charge is 0.260 e. The van der Waals surface area contributed by atoms with Gasteiger partial charge >= 0.3 is 0 Å². The zero-order valence-corrected chi connectivity index (χ0v) is 16.9. The number of aromatic nitrogens is 2. The van der Waals surface area contributed by atoms with Gasteiger partial charge in [0.1, 0.15) is 17.4 Å². The van der Waals surface area contributed by atoms with E-state index in [1.807, 2.05) is 62.4 Å². The van der Waals surface area contributed by atoms with Gasteiger partial charge in [-0.2, -0.15) is 5.10 Å². The van der Waals surface area contributed by atoms with Crippen molar-refractivity contribution in [3.8, 4) is 0 Å². The number of hydrogen-bond acceptors (Lipinski definition) is 3. The fraction of sp³-hybridized carbons (Fsp3) is 0.304. The lowest BCUT2D eigenvalue weighted by atomic mass is 9.96. The standard InChI is InChI=1S/C23H24F2N4O/c1-14-3-7-16(8-4-14)12-26-23(30)18-13-27-29-20(21(24)25)11-19(28-22(18)29)17-9-5-15(2)6-10-17/h3-10,13,19-21,28H,11-12H2,1-2H3,(H,26,30)/t19-,20+/m0/s1. The van der Waals surface area contributed by atoms with Crippen molar-refractivity contribution in [3.05, 3.63) is 82.5 Å². The molecule has 2 atom stereocenters. The van der Waals surface area contributed by atoms with Crippen LogP contribution in [0, 0.1) is 13.8 Å². The van der Waals surface area contributed by atoms with Gasteiger partial charge in [-0.05, 0) is 31.4 Å². The number of nitrogens with one attached hydrogen (secondary N) is 2. The third-order valence-electron chi connectivity index (χ3n) is 5.49. The zero-order chi connectivity index (χ0) is 21.3. The number of carbonyl (C=O) groups excluding carboxylic acids is 1. The summed E-state index contributed by atoms with van der Waals surface area (Å²) in [5.74, 6) is -0.0135. The molecule has 0 unspecified atom stereocenters. The lowest BCUT2D eigenvalue weighted by Gasteiger charge is -2.32. The molecule has 0 fully saturated rings. The largest absolute Gasteiger partial charge is 0.363 e. The normalized spacial score (nSPS) is 18.0.